The van der Waals surface area contributed by atoms with Crippen molar-refractivity contribution in [2.24, 2.45) is 0 Å². The summed E-state index contributed by atoms with van der Waals surface area (Å²) in [5.41, 5.74) is 0.239. The molecule has 1 N–H and O–H groups in total. The third-order valence-corrected chi connectivity index (χ3v) is 3.34. The van der Waals surface area contributed by atoms with E-state index in [-0.39, 0.29) is 40.2 Å². The molecule has 9 heteroatoms. The number of Topliss-reactive ketones (excluding diaryl/α,β-unsaturated/α-hetero) is 1. The number of ether oxygens (including phenoxy) is 1. The van der Waals surface area contributed by atoms with Crippen molar-refractivity contribution < 1.29 is 19.2 Å². The van der Waals surface area contributed by atoms with E-state index in [4.69, 9.17) is 4.74 Å². The fourth-order valence-electron chi connectivity index (χ4n) is 1.53. The predicted octanol–water partition coefficient (Wildman–Crippen LogP) is 1.88. The van der Waals surface area contributed by atoms with Crippen molar-refractivity contribution in [2.75, 3.05) is 11.9 Å². The van der Waals surface area contributed by atoms with Crippen LogP contribution in [0.25, 0.3) is 0 Å². The normalized spacial score (nSPS) is 9.90. The highest BCUT2D eigenvalue weighted by Gasteiger charge is 2.15. The van der Waals surface area contributed by atoms with Crippen LogP contribution in [0.2, 0.25) is 0 Å². The lowest BCUT2D eigenvalue weighted by atomic mass is 10.1. The molecular weight excluding hydrogens is 298 g/mol. The van der Waals surface area contributed by atoms with Gasteiger partial charge >= 0.3 is 5.00 Å². The second kappa shape index (κ2) is 6.57. The molecule has 1 aromatic heterocycles. The molecule has 0 amide bonds. The standard InChI is InChI=1S/C12H9N3O5S/c16-7-20-10-4-2-1-3-8(10)9(17)5-13-12-14-6-11(21-12)15(18)19/h1-4,6-7H,5H2,(H,13,14). The number of anilines is 1. The van der Waals surface area contributed by atoms with Gasteiger partial charge in [0.2, 0.25) is 0 Å². The minimum Gasteiger partial charge on any atom is -0.428 e. The first-order valence-corrected chi connectivity index (χ1v) is 6.50. The van der Waals surface area contributed by atoms with Crippen LogP contribution in [0.4, 0.5) is 10.1 Å². The fourth-order valence-corrected chi connectivity index (χ4v) is 2.16. The van der Waals surface area contributed by atoms with Crippen LogP contribution in [0.5, 0.6) is 5.75 Å². The third-order valence-electron chi connectivity index (χ3n) is 2.44. The molecule has 0 aliphatic carbocycles. The Hall–Kier alpha value is -2.81. The van der Waals surface area contributed by atoms with E-state index < -0.39 is 4.92 Å². The van der Waals surface area contributed by atoms with Crippen molar-refractivity contribution in [1.82, 2.24) is 4.98 Å². The molecule has 8 nitrogen and oxygen atoms in total. The van der Waals surface area contributed by atoms with Crippen molar-refractivity contribution in [3.8, 4) is 5.75 Å². The summed E-state index contributed by atoms with van der Waals surface area (Å²) in [7, 11) is 0. The summed E-state index contributed by atoms with van der Waals surface area (Å²) in [6.07, 6.45) is 1.11. The maximum Gasteiger partial charge on any atom is 0.345 e. The van der Waals surface area contributed by atoms with Crippen LogP contribution >= 0.6 is 11.3 Å². The number of ketones is 1. The number of rotatable bonds is 7. The van der Waals surface area contributed by atoms with Crippen molar-refractivity contribution >= 4 is 33.7 Å². The number of nitrogens with zero attached hydrogens (tertiary/aromatic N) is 2. The van der Waals surface area contributed by atoms with Gasteiger partial charge in [0.15, 0.2) is 10.9 Å². The van der Waals surface area contributed by atoms with E-state index in [1.165, 1.54) is 12.1 Å². The second-order valence-corrected chi connectivity index (χ2v) is 4.76. The fraction of sp³-hybridized carbons (Fsp3) is 0.0833. The second-order valence-electron chi connectivity index (χ2n) is 3.75. The highest BCUT2D eigenvalue weighted by molar-refractivity contribution is 7.18. The minimum absolute atomic E-state index is 0.116. The van der Waals surface area contributed by atoms with Gasteiger partial charge in [-0.05, 0) is 23.5 Å². The van der Waals surface area contributed by atoms with Gasteiger partial charge < -0.3 is 10.1 Å². The first-order valence-electron chi connectivity index (χ1n) is 5.68. The molecule has 0 spiro atoms. The quantitative estimate of drug-likeness (QED) is 0.360. The molecule has 0 saturated heterocycles. The van der Waals surface area contributed by atoms with Crippen molar-refractivity contribution in [2.45, 2.75) is 0 Å². The Morgan fingerprint density at radius 1 is 1.48 bits per heavy atom. The molecular formula is C12H9N3O5S. The summed E-state index contributed by atoms with van der Waals surface area (Å²) in [5, 5.41) is 13.4. The van der Waals surface area contributed by atoms with Gasteiger partial charge in [-0.3, -0.25) is 19.7 Å². The number of nitrogens with one attached hydrogen (secondary N) is 1. The molecule has 0 aliphatic rings. The number of hydrogen-bond acceptors (Lipinski definition) is 8. The summed E-state index contributed by atoms with van der Waals surface area (Å²) < 4.78 is 4.71. The van der Waals surface area contributed by atoms with Crippen molar-refractivity contribution in [3.63, 3.8) is 0 Å². The zero-order chi connectivity index (χ0) is 15.2. The lowest BCUT2D eigenvalue weighted by Crippen LogP contribution is -2.14. The van der Waals surface area contributed by atoms with Crippen LogP contribution in [-0.4, -0.2) is 28.7 Å². The van der Waals surface area contributed by atoms with Crippen LogP contribution in [0.15, 0.2) is 30.5 Å². The molecule has 0 saturated carbocycles. The Balaban J connectivity index is 2.04. The largest absolute Gasteiger partial charge is 0.428 e. The molecule has 108 valence electrons. The summed E-state index contributed by atoms with van der Waals surface area (Å²) in [4.78, 5) is 36.2. The van der Waals surface area contributed by atoms with Gasteiger partial charge in [0, 0.05) is 0 Å². The van der Waals surface area contributed by atoms with Crippen LogP contribution < -0.4 is 10.1 Å². The Morgan fingerprint density at radius 2 is 2.24 bits per heavy atom. The highest BCUT2D eigenvalue weighted by Crippen LogP contribution is 2.25. The number of aromatic nitrogens is 1. The maximum atomic E-state index is 12.0. The van der Waals surface area contributed by atoms with Gasteiger partial charge in [-0.2, -0.15) is 0 Å². The molecule has 1 aromatic carbocycles. The molecule has 0 bridgehead atoms. The number of carbonyl (C=O) groups is 2. The summed E-state index contributed by atoms with van der Waals surface area (Å²) in [6, 6.07) is 6.29. The first-order chi connectivity index (χ1) is 10.1. The first kappa shape index (κ1) is 14.6. The average molecular weight is 307 g/mol. The van der Waals surface area contributed by atoms with Crippen LogP contribution in [0.1, 0.15) is 10.4 Å². The Bertz CT molecular complexity index is 685. The Labute approximate surface area is 122 Å². The Morgan fingerprint density at radius 3 is 2.90 bits per heavy atom. The molecule has 0 unspecified atom stereocenters. The van der Waals surface area contributed by atoms with Crippen LogP contribution in [0.3, 0.4) is 0 Å². The summed E-state index contributed by atoms with van der Waals surface area (Å²) >= 11 is 0.832. The lowest BCUT2D eigenvalue weighted by Gasteiger charge is -2.06. The van der Waals surface area contributed by atoms with Crippen molar-refractivity contribution in [1.29, 1.82) is 0 Å². The minimum atomic E-state index is -0.558. The van der Waals surface area contributed by atoms with E-state index in [0.717, 1.165) is 17.5 Å². The third kappa shape index (κ3) is 3.60. The molecule has 0 atom stereocenters. The maximum absolute atomic E-state index is 12.0. The molecule has 21 heavy (non-hydrogen) atoms. The highest BCUT2D eigenvalue weighted by atomic mass is 32.1. The molecule has 0 radical (unpaired) electrons. The van der Waals surface area contributed by atoms with Gasteiger partial charge in [-0.25, -0.2) is 4.98 Å². The number of hydrogen-bond donors (Lipinski definition) is 1. The monoisotopic (exact) mass is 307 g/mol. The smallest absolute Gasteiger partial charge is 0.345 e. The molecule has 2 aromatic rings. The zero-order valence-electron chi connectivity index (χ0n) is 10.5. The number of benzene rings is 1. The number of thiazole rings is 1. The summed E-state index contributed by atoms with van der Waals surface area (Å²) in [6.45, 7) is 0.119. The van der Waals surface area contributed by atoms with Crippen LogP contribution in [-0.2, 0) is 4.79 Å². The van der Waals surface area contributed by atoms with Gasteiger partial charge in [0.1, 0.15) is 11.9 Å². The van der Waals surface area contributed by atoms with E-state index in [1.54, 1.807) is 12.1 Å². The molecule has 2 rings (SSSR count). The number of para-hydroxylation sites is 1. The van der Waals surface area contributed by atoms with Crippen molar-refractivity contribution in [3.05, 3.63) is 46.1 Å². The predicted molar refractivity (Wildman–Crippen MR) is 74.7 cm³/mol. The van der Waals surface area contributed by atoms with Crippen LogP contribution in [0, 0.1) is 10.1 Å². The number of nitro groups is 1. The van der Waals surface area contributed by atoms with Gasteiger partial charge in [-0.15, -0.1) is 0 Å². The molecule has 0 aliphatic heterocycles. The van der Waals surface area contributed by atoms with E-state index in [0.29, 0.717) is 0 Å². The molecule has 1 heterocycles. The van der Waals surface area contributed by atoms with E-state index in [2.05, 4.69) is 10.3 Å². The van der Waals surface area contributed by atoms with E-state index >= 15 is 0 Å². The lowest BCUT2D eigenvalue weighted by molar-refractivity contribution is -0.380. The van der Waals surface area contributed by atoms with Gasteiger partial charge in [-0.1, -0.05) is 12.1 Å². The van der Waals surface area contributed by atoms with Gasteiger partial charge in [0.25, 0.3) is 6.47 Å². The zero-order valence-corrected chi connectivity index (χ0v) is 11.3. The van der Waals surface area contributed by atoms with E-state index in [1.807, 2.05) is 0 Å². The Kier molecular flexibility index (Phi) is 4.57. The van der Waals surface area contributed by atoms with Gasteiger partial charge in [0.05, 0.1) is 17.0 Å². The average Bonchev–Trinajstić information content (AvgIpc) is 2.95. The van der Waals surface area contributed by atoms with E-state index in [9.17, 15) is 19.7 Å². The summed E-state index contributed by atoms with van der Waals surface area (Å²) in [5.74, 6) is -0.172. The topological polar surface area (TPSA) is 111 Å². The number of carbonyl (C=O) groups excluding carboxylic acids is 2. The molecule has 0 fully saturated rings. The SMILES string of the molecule is O=COc1ccccc1C(=O)CNc1ncc([N+](=O)[O-])s1.